The molecule has 0 aromatic heterocycles. The predicted octanol–water partition coefficient (Wildman–Crippen LogP) is 4.05. The van der Waals surface area contributed by atoms with Crippen LogP contribution in [-0.4, -0.2) is 11.9 Å². The van der Waals surface area contributed by atoms with Crippen LogP contribution in [0.25, 0.3) is 0 Å². The summed E-state index contributed by atoms with van der Waals surface area (Å²) >= 11 is 0. The van der Waals surface area contributed by atoms with E-state index in [0.29, 0.717) is 12.1 Å². The molecule has 0 aliphatic rings. The van der Waals surface area contributed by atoms with Crippen LogP contribution in [0.2, 0.25) is 0 Å². The largest absolute Gasteiger partial charge is 0.350 e. The number of benzene rings is 2. The predicted molar refractivity (Wildman–Crippen MR) is 103 cm³/mol. The van der Waals surface area contributed by atoms with Crippen LogP contribution in [0.3, 0.4) is 0 Å². The van der Waals surface area contributed by atoms with Crippen molar-refractivity contribution in [2.45, 2.75) is 45.2 Å². The molecule has 0 saturated carbocycles. The van der Waals surface area contributed by atoms with Crippen molar-refractivity contribution in [2.24, 2.45) is 5.73 Å². The van der Waals surface area contributed by atoms with Gasteiger partial charge in [0.1, 0.15) is 0 Å². The molecule has 0 spiro atoms. The van der Waals surface area contributed by atoms with Gasteiger partial charge in [0.05, 0.1) is 0 Å². The van der Waals surface area contributed by atoms with Crippen molar-refractivity contribution in [3.05, 3.63) is 71.3 Å². The van der Waals surface area contributed by atoms with Gasteiger partial charge in [-0.05, 0) is 42.0 Å². The van der Waals surface area contributed by atoms with Crippen LogP contribution in [0, 0.1) is 0 Å². The lowest BCUT2D eigenvalue weighted by Gasteiger charge is -2.29. The monoisotopic (exact) mass is 346 g/mol. The van der Waals surface area contributed by atoms with Gasteiger partial charge in [-0.15, -0.1) is 12.4 Å². The van der Waals surface area contributed by atoms with Crippen LogP contribution in [0.15, 0.2) is 54.6 Å². The fraction of sp³-hybridized carbons (Fsp3) is 0.350. The van der Waals surface area contributed by atoms with Crippen LogP contribution < -0.4 is 11.1 Å². The normalized spacial score (nSPS) is 12.2. The lowest BCUT2D eigenvalue weighted by atomic mass is 9.79. The molecular formula is C20H27ClN2O. The van der Waals surface area contributed by atoms with E-state index in [0.717, 1.165) is 12.0 Å². The molecule has 0 aliphatic heterocycles. The minimum absolute atomic E-state index is 0. The van der Waals surface area contributed by atoms with E-state index in [2.05, 4.69) is 50.4 Å². The lowest BCUT2D eigenvalue weighted by molar-refractivity contribution is 0.0934. The Kier molecular flexibility index (Phi) is 7.46. The van der Waals surface area contributed by atoms with Gasteiger partial charge in [-0.1, -0.05) is 56.3 Å². The fourth-order valence-electron chi connectivity index (χ4n) is 2.92. The van der Waals surface area contributed by atoms with E-state index >= 15 is 0 Å². The Morgan fingerprint density at radius 2 is 1.67 bits per heavy atom. The number of hydrogen-bond donors (Lipinski definition) is 2. The molecule has 0 radical (unpaired) electrons. The van der Waals surface area contributed by atoms with Crippen molar-refractivity contribution >= 4 is 18.3 Å². The minimum atomic E-state index is -0.0371. The molecular weight excluding hydrogens is 320 g/mol. The SMILES string of the molecule is CC(CC(C)(C)c1ccccc1)NC(=O)c1ccc(CN)cc1.Cl. The van der Waals surface area contributed by atoms with Crippen molar-refractivity contribution in [1.82, 2.24) is 5.32 Å². The number of nitrogens with two attached hydrogens (primary N) is 1. The standard InChI is InChI=1S/C20H26N2O.ClH/c1-15(13-20(2,3)18-7-5-4-6-8-18)22-19(23)17-11-9-16(14-21)10-12-17;/h4-12,15H,13-14,21H2,1-3H3,(H,22,23);1H. The Morgan fingerprint density at radius 3 is 2.21 bits per heavy atom. The molecule has 1 atom stereocenters. The van der Waals surface area contributed by atoms with Gasteiger partial charge in [-0.3, -0.25) is 4.79 Å². The zero-order valence-electron chi connectivity index (χ0n) is 14.6. The lowest BCUT2D eigenvalue weighted by Crippen LogP contribution is -2.37. The Hall–Kier alpha value is -1.84. The van der Waals surface area contributed by atoms with E-state index in [9.17, 15) is 4.79 Å². The summed E-state index contributed by atoms with van der Waals surface area (Å²) in [5.41, 5.74) is 8.58. The molecule has 0 saturated heterocycles. The molecule has 0 heterocycles. The molecule has 3 nitrogen and oxygen atoms in total. The highest BCUT2D eigenvalue weighted by Gasteiger charge is 2.24. The summed E-state index contributed by atoms with van der Waals surface area (Å²) in [6.07, 6.45) is 0.879. The molecule has 1 amide bonds. The van der Waals surface area contributed by atoms with E-state index in [1.807, 2.05) is 30.3 Å². The van der Waals surface area contributed by atoms with Crippen molar-refractivity contribution in [1.29, 1.82) is 0 Å². The van der Waals surface area contributed by atoms with Gasteiger partial charge in [0.2, 0.25) is 0 Å². The second-order valence-electron chi connectivity index (χ2n) is 6.73. The first-order chi connectivity index (χ1) is 10.9. The van der Waals surface area contributed by atoms with Crippen LogP contribution in [-0.2, 0) is 12.0 Å². The van der Waals surface area contributed by atoms with E-state index in [-0.39, 0.29) is 29.8 Å². The zero-order chi connectivity index (χ0) is 16.9. The summed E-state index contributed by atoms with van der Waals surface area (Å²) in [4.78, 5) is 12.3. The second-order valence-corrected chi connectivity index (χ2v) is 6.73. The smallest absolute Gasteiger partial charge is 0.251 e. The van der Waals surface area contributed by atoms with Gasteiger partial charge in [-0.2, -0.15) is 0 Å². The third-order valence-electron chi connectivity index (χ3n) is 4.20. The highest BCUT2D eigenvalue weighted by molar-refractivity contribution is 5.94. The molecule has 24 heavy (non-hydrogen) atoms. The van der Waals surface area contributed by atoms with E-state index in [1.54, 1.807) is 0 Å². The highest BCUT2D eigenvalue weighted by Crippen LogP contribution is 2.28. The quantitative estimate of drug-likeness (QED) is 0.828. The Bertz CT molecular complexity index is 638. The molecule has 0 bridgehead atoms. The maximum absolute atomic E-state index is 12.3. The van der Waals surface area contributed by atoms with E-state index in [1.165, 1.54) is 5.56 Å². The van der Waals surface area contributed by atoms with Crippen molar-refractivity contribution < 1.29 is 4.79 Å². The number of rotatable bonds is 6. The number of carbonyl (C=O) groups is 1. The van der Waals surface area contributed by atoms with Crippen LogP contribution in [0.1, 0.15) is 48.7 Å². The molecule has 3 N–H and O–H groups in total. The van der Waals surface area contributed by atoms with E-state index < -0.39 is 0 Å². The molecule has 0 fully saturated rings. The fourth-order valence-corrected chi connectivity index (χ4v) is 2.92. The number of halogens is 1. The first-order valence-corrected chi connectivity index (χ1v) is 8.08. The molecule has 2 rings (SSSR count). The van der Waals surface area contributed by atoms with Gasteiger partial charge in [-0.25, -0.2) is 0 Å². The summed E-state index contributed by atoms with van der Waals surface area (Å²) in [7, 11) is 0. The van der Waals surface area contributed by atoms with Crippen molar-refractivity contribution in [2.75, 3.05) is 0 Å². The number of hydrogen-bond acceptors (Lipinski definition) is 2. The Labute approximate surface area is 151 Å². The average Bonchev–Trinajstić information content (AvgIpc) is 2.55. The molecule has 2 aromatic rings. The van der Waals surface area contributed by atoms with Crippen LogP contribution in [0.4, 0.5) is 0 Å². The second kappa shape index (κ2) is 8.86. The first-order valence-electron chi connectivity index (χ1n) is 8.08. The maximum Gasteiger partial charge on any atom is 0.251 e. The number of amides is 1. The molecule has 0 aliphatic carbocycles. The van der Waals surface area contributed by atoms with Gasteiger partial charge in [0, 0.05) is 18.2 Å². The number of nitrogens with one attached hydrogen (secondary N) is 1. The van der Waals surface area contributed by atoms with Gasteiger partial charge in [0.25, 0.3) is 5.91 Å². The molecule has 4 heteroatoms. The summed E-state index contributed by atoms with van der Waals surface area (Å²) in [6.45, 7) is 6.96. The van der Waals surface area contributed by atoms with Gasteiger partial charge in [0.15, 0.2) is 0 Å². The molecule has 1 unspecified atom stereocenters. The topological polar surface area (TPSA) is 55.1 Å². The molecule has 2 aromatic carbocycles. The summed E-state index contributed by atoms with van der Waals surface area (Å²) < 4.78 is 0. The average molecular weight is 347 g/mol. The van der Waals surface area contributed by atoms with Crippen molar-refractivity contribution in [3.63, 3.8) is 0 Å². The highest BCUT2D eigenvalue weighted by atomic mass is 35.5. The Morgan fingerprint density at radius 1 is 1.08 bits per heavy atom. The summed E-state index contributed by atoms with van der Waals surface area (Å²) in [5, 5.41) is 3.09. The van der Waals surface area contributed by atoms with E-state index in [4.69, 9.17) is 5.73 Å². The number of carbonyl (C=O) groups excluding carboxylic acids is 1. The maximum atomic E-state index is 12.3. The third kappa shape index (κ3) is 5.36. The Balaban J connectivity index is 0.00000288. The van der Waals surface area contributed by atoms with Crippen molar-refractivity contribution in [3.8, 4) is 0 Å². The zero-order valence-corrected chi connectivity index (χ0v) is 15.4. The summed E-state index contributed by atoms with van der Waals surface area (Å²) in [5.74, 6) is -0.0371. The van der Waals surface area contributed by atoms with Gasteiger partial charge < -0.3 is 11.1 Å². The summed E-state index contributed by atoms with van der Waals surface area (Å²) in [6, 6.07) is 17.9. The first kappa shape index (κ1) is 20.2. The van der Waals surface area contributed by atoms with Crippen LogP contribution >= 0.6 is 12.4 Å². The van der Waals surface area contributed by atoms with Crippen LogP contribution in [0.5, 0.6) is 0 Å². The third-order valence-corrected chi connectivity index (χ3v) is 4.20. The molecule has 130 valence electrons. The minimum Gasteiger partial charge on any atom is -0.350 e. The van der Waals surface area contributed by atoms with Gasteiger partial charge >= 0.3 is 0 Å².